The van der Waals surface area contributed by atoms with Crippen LogP contribution in [0.25, 0.3) is 10.8 Å². The maximum atomic E-state index is 13.2. The summed E-state index contributed by atoms with van der Waals surface area (Å²) in [5.41, 5.74) is 1.86. The molecule has 0 fully saturated rings. The second kappa shape index (κ2) is 10.6. The standard InChI is InChI=1S/C26H30N2O2/c1-3-20(2)28(18-16-25(29)27-17-15-21-9-5-4-6-10-21)26(30)24-14-13-22-11-7-8-12-23(22)19-24/h4-14,19-20H,3,15-18H2,1-2H3,(H,27,29). The minimum absolute atomic E-state index is 0.0211. The number of amides is 2. The fourth-order valence-electron chi connectivity index (χ4n) is 3.53. The van der Waals surface area contributed by atoms with E-state index in [0.717, 1.165) is 23.6 Å². The molecule has 0 aliphatic rings. The van der Waals surface area contributed by atoms with Crippen LogP contribution in [-0.2, 0) is 11.2 Å². The summed E-state index contributed by atoms with van der Waals surface area (Å²) in [6, 6.07) is 24.0. The van der Waals surface area contributed by atoms with Gasteiger partial charge in [-0.25, -0.2) is 0 Å². The van der Waals surface area contributed by atoms with Crippen LogP contribution in [0.15, 0.2) is 72.8 Å². The molecule has 156 valence electrons. The topological polar surface area (TPSA) is 49.4 Å². The smallest absolute Gasteiger partial charge is 0.254 e. The highest BCUT2D eigenvalue weighted by Crippen LogP contribution is 2.18. The third-order valence-corrected chi connectivity index (χ3v) is 5.54. The minimum atomic E-state index is -0.0226. The van der Waals surface area contributed by atoms with E-state index in [1.165, 1.54) is 5.56 Å². The summed E-state index contributed by atoms with van der Waals surface area (Å²) in [6.45, 7) is 5.11. The molecule has 0 aliphatic carbocycles. The quantitative estimate of drug-likeness (QED) is 0.557. The summed E-state index contributed by atoms with van der Waals surface area (Å²) in [5.74, 6) is -0.0438. The zero-order chi connectivity index (χ0) is 21.3. The molecule has 0 aromatic heterocycles. The van der Waals surface area contributed by atoms with Crippen LogP contribution in [-0.4, -0.2) is 35.8 Å². The molecule has 0 saturated heterocycles. The third-order valence-electron chi connectivity index (χ3n) is 5.54. The van der Waals surface area contributed by atoms with E-state index in [1.54, 1.807) is 0 Å². The monoisotopic (exact) mass is 402 g/mol. The maximum absolute atomic E-state index is 13.2. The molecule has 1 atom stereocenters. The van der Waals surface area contributed by atoms with Crippen molar-refractivity contribution in [2.75, 3.05) is 13.1 Å². The summed E-state index contributed by atoms with van der Waals surface area (Å²) in [4.78, 5) is 27.3. The number of nitrogens with one attached hydrogen (secondary N) is 1. The van der Waals surface area contributed by atoms with Crippen molar-refractivity contribution in [3.8, 4) is 0 Å². The number of carbonyl (C=O) groups excluding carboxylic acids is 2. The van der Waals surface area contributed by atoms with E-state index < -0.39 is 0 Å². The Bertz CT molecular complexity index is 985. The average molecular weight is 403 g/mol. The lowest BCUT2D eigenvalue weighted by Gasteiger charge is -2.28. The summed E-state index contributed by atoms with van der Waals surface area (Å²) in [7, 11) is 0. The fraction of sp³-hybridized carbons (Fsp3) is 0.308. The Kier molecular flexibility index (Phi) is 7.61. The zero-order valence-electron chi connectivity index (χ0n) is 17.8. The van der Waals surface area contributed by atoms with Gasteiger partial charge in [0.05, 0.1) is 0 Å². The van der Waals surface area contributed by atoms with E-state index >= 15 is 0 Å². The Morgan fingerprint density at radius 3 is 2.37 bits per heavy atom. The number of benzene rings is 3. The van der Waals surface area contributed by atoms with E-state index in [1.807, 2.05) is 72.5 Å². The van der Waals surface area contributed by atoms with Crippen molar-refractivity contribution in [3.05, 3.63) is 83.9 Å². The van der Waals surface area contributed by atoms with Crippen LogP contribution in [0.3, 0.4) is 0 Å². The number of hydrogen-bond acceptors (Lipinski definition) is 2. The first-order valence-electron chi connectivity index (χ1n) is 10.7. The first-order chi connectivity index (χ1) is 14.6. The SMILES string of the molecule is CCC(C)N(CCC(=O)NCCc1ccccc1)C(=O)c1ccc2ccccc2c1. The normalized spacial score (nSPS) is 11.8. The molecular weight excluding hydrogens is 372 g/mol. The van der Waals surface area contributed by atoms with Crippen LogP contribution in [0, 0.1) is 0 Å². The zero-order valence-corrected chi connectivity index (χ0v) is 17.8. The number of hydrogen-bond donors (Lipinski definition) is 1. The van der Waals surface area contributed by atoms with Crippen LogP contribution >= 0.6 is 0 Å². The van der Waals surface area contributed by atoms with Crippen LogP contribution in [0.2, 0.25) is 0 Å². The lowest BCUT2D eigenvalue weighted by atomic mass is 10.1. The first kappa shape index (κ1) is 21.6. The summed E-state index contributed by atoms with van der Waals surface area (Å²) < 4.78 is 0. The van der Waals surface area contributed by atoms with Crippen LogP contribution in [0.1, 0.15) is 42.6 Å². The lowest BCUT2D eigenvalue weighted by Crippen LogP contribution is -2.41. The molecule has 0 bridgehead atoms. The maximum Gasteiger partial charge on any atom is 0.254 e. The van der Waals surface area contributed by atoms with Gasteiger partial charge in [0.2, 0.25) is 5.91 Å². The van der Waals surface area contributed by atoms with Gasteiger partial charge in [0, 0.05) is 31.1 Å². The predicted octanol–water partition coefficient (Wildman–Crippen LogP) is 4.83. The van der Waals surface area contributed by atoms with E-state index in [4.69, 9.17) is 0 Å². The van der Waals surface area contributed by atoms with E-state index in [0.29, 0.717) is 25.1 Å². The molecule has 2 amide bonds. The molecule has 0 spiro atoms. The van der Waals surface area contributed by atoms with Gasteiger partial charge in [-0.3, -0.25) is 9.59 Å². The van der Waals surface area contributed by atoms with Crippen LogP contribution in [0.5, 0.6) is 0 Å². The first-order valence-corrected chi connectivity index (χ1v) is 10.7. The Balaban J connectivity index is 1.59. The third kappa shape index (κ3) is 5.69. The minimum Gasteiger partial charge on any atom is -0.356 e. The van der Waals surface area contributed by atoms with E-state index in [-0.39, 0.29) is 17.9 Å². The predicted molar refractivity (Wildman–Crippen MR) is 123 cm³/mol. The Morgan fingerprint density at radius 2 is 1.63 bits per heavy atom. The molecular formula is C26H30N2O2. The van der Waals surface area contributed by atoms with Crippen molar-refractivity contribution in [1.82, 2.24) is 10.2 Å². The Labute approximate surface area is 178 Å². The Morgan fingerprint density at radius 1 is 0.933 bits per heavy atom. The Hall–Kier alpha value is -3.14. The molecule has 3 aromatic carbocycles. The molecule has 4 nitrogen and oxygen atoms in total. The molecule has 1 N–H and O–H groups in total. The molecule has 3 aromatic rings. The molecule has 1 unspecified atom stereocenters. The van der Waals surface area contributed by atoms with Crippen molar-refractivity contribution in [2.24, 2.45) is 0 Å². The molecule has 0 saturated carbocycles. The summed E-state index contributed by atoms with van der Waals surface area (Å²) >= 11 is 0. The average Bonchev–Trinajstić information content (AvgIpc) is 2.79. The van der Waals surface area contributed by atoms with Crippen LogP contribution < -0.4 is 5.32 Å². The summed E-state index contributed by atoms with van der Waals surface area (Å²) in [6.07, 6.45) is 1.95. The highest BCUT2D eigenvalue weighted by Gasteiger charge is 2.21. The van der Waals surface area contributed by atoms with Gasteiger partial charge in [-0.15, -0.1) is 0 Å². The van der Waals surface area contributed by atoms with E-state index in [2.05, 4.69) is 24.4 Å². The highest BCUT2D eigenvalue weighted by atomic mass is 16.2. The highest BCUT2D eigenvalue weighted by molar-refractivity contribution is 5.98. The van der Waals surface area contributed by atoms with Crippen molar-refractivity contribution in [1.29, 1.82) is 0 Å². The van der Waals surface area contributed by atoms with Gasteiger partial charge in [0.25, 0.3) is 5.91 Å². The summed E-state index contributed by atoms with van der Waals surface area (Å²) in [5, 5.41) is 5.13. The second-order valence-corrected chi connectivity index (χ2v) is 7.65. The molecule has 0 radical (unpaired) electrons. The van der Waals surface area contributed by atoms with Crippen molar-refractivity contribution < 1.29 is 9.59 Å². The molecule has 0 aliphatic heterocycles. The molecule has 0 heterocycles. The van der Waals surface area contributed by atoms with E-state index in [9.17, 15) is 9.59 Å². The number of rotatable bonds is 9. The number of carbonyl (C=O) groups is 2. The van der Waals surface area contributed by atoms with Crippen molar-refractivity contribution in [3.63, 3.8) is 0 Å². The van der Waals surface area contributed by atoms with Gasteiger partial charge in [-0.1, -0.05) is 67.6 Å². The second-order valence-electron chi connectivity index (χ2n) is 7.65. The molecule has 3 rings (SSSR count). The van der Waals surface area contributed by atoms with Gasteiger partial charge in [0.15, 0.2) is 0 Å². The van der Waals surface area contributed by atoms with Gasteiger partial charge in [0.1, 0.15) is 0 Å². The molecule has 4 heteroatoms. The number of fused-ring (bicyclic) bond motifs is 1. The van der Waals surface area contributed by atoms with Crippen molar-refractivity contribution >= 4 is 22.6 Å². The van der Waals surface area contributed by atoms with Crippen LogP contribution in [0.4, 0.5) is 0 Å². The lowest BCUT2D eigenvalue weighted by molar-refractivity contribution is -0.121. The fourth-order valence-corrected chi connectivity index (χ4v) is 3.53. The van der Waals surface area contributed by atoms with Crippen molar-refractivity contribution in [2.45, 2.75) is 39.2 Å². The molecule has 30 heavy (non-hydrogen) atoms. The van der Waals surface area contributed by atoms with Gasteiger partial charge < -0.3 is 10.2 Å². The van der Waals surface area contributed by atoms with Gasteiger partial charge >= 0.3 is 0 Å². The number of nitrogens with zero attached hydrogens (tertiary/aromatic N) is 1. The van der Waals surface area contributed by atoms with Gasteiger partial charge in [-0.2, -0.15) is 0 Å². The largest absolute Gasteiger partial charge is 0.356 e. The van der Waals surface area contributed by atoms with Gasteiger partial charge in [-0.05, 0) is 48.2 Å².